The van der Waals surface area contributed by atoms with Crippen molar-refractivity contribution in [2.45, 2.75) is 25.3 Å². The summed E-state index contributed by atoms with van der Waals surface area (Å²) >= 11 is 0. The lowest BCUT2D eigenvalue weighted by Crippen LogP contribution is -2.12. The molecule has 1 unspecified atom stereocenters. The van der Waals surface area contributed by atoms with Crippen molar-refractivity contribution in [1.29, 1.82) is 5.26 Å². The van der Waals surface area contributed by atoms with E-state index in [0.717, 1.165) is 5.56 Å². The van der Waals surface area contributed by atoms with E-state index in [-0.39, 0.29) is 6.04 Å². The molecule has 2 rings (SSSR count). The Hall–Kier alpha value is -1.33. The predicted molar refractivity (Wildman–Crippen MR) is 55.4 cm³/mol. The first-order chi connectivity index (χ1) is 6.81. The molecule has 14 heavy (non-hydrogen) atoms. The Labute approximate surface area is 84.3 Å². The molecule has 0 bridgehead atoms. The van der Waals surface area contributed by atoms with Gasteiger partial charge in [0.05, 0.1) is 12.5 Å². The lowest BCUT2D eigenvalue weighted by atomic mass is 10.0. The maximum atomic E-state index is 8.59. The lowest BCUT2D eigenvalue weighted by molar-refractivity contribution is 0.633. The lowest BCUT2D eigenvalue weighted by Gasteiger charge is -2.11. The summed E-state index contributed by atoms with van der Waals surface area (Å²) in [6, 6.07) is 10.4. The summed E-state index contributed by atoms with van der Waals surface area (Å²) in [7, 11) is 0. The van der Waals surface area contributed by atoms with Crippen LogP contribution in [0.2, 0.25) is 0 Å². The van der Waals surface area contributed by atoms with Crippen LogP contribution in [0, 0.1) is 17.2 Å². The molecule has 1 atom stereocenters. The third-order valence-electron chi connectivity index (χ3n) is 2.75. The van der Waals surface area contributed by atoms with Gasteiger partial charge in [-0.25, -0.2) is 0 Å². The molecule has 1 saturated carbocycles. The molecule has 1 aromatic carbocycles. The highest BCUT2D eigenvalue weighted by atomic mass is 14.7. The normalized spacial score (nSPS) is 17.4. The minimum Gasteiger partial charge on any atom is -0.324 e. The number of rotatable bonds is 3. The molecule has 1 aliphatic rings. The van der Waals surface area contributed by atoms with E-state index in [1.165, 1.54) is 18.4 Å². The second-order valence-corrected chi connectivity index (χ2v) is 3.94. The van der Waals surface area contributed by atoms with Gasteiger partial charge in [-0.2, -0.15) is 5.26 Å². The summed E-state index contributed by atoms with van der Waals surface area (Å²) < 4.78 is 0. The Bertz CT molecular complexity index is 361. The first-order valence-corrected chi connectivity index (χ1v) is 5.02. The molecule has 2 N–H and O–H groups in total. The van der Waals surface area contributed by atoms with Crippen LogP contribution in [0.15, 0.2) is 24.3 Å². The summed E-state index contributed by atoms with van der Waals surface area (Å²) in [5.41, 5.74) is 8.33. The SMILES string of the molecule is N#CCc1cccc(C(N)C2CC2)c1. The highest BCUT2D eigenvalue weighted by molar-refractivity contribution is 5.28. The molecule has 72 valence electrons. The Morgan fingerprint density at radius 3 is 2.93 bits per heavy atom. The van der Waals surface area contributed by atoms with Gasteiger partial charge in [0.15, 0.2) is 0 Å². The maximum absolute atomic E-state index is 8.59. The van der Waals surface area contributed by atoms with E-state index in [4.69, 9.17) is 11.0 Å². The first-order valence-electron chi connectivity index (χ1n) is 5.02. The van der Waals surface area contributed by atoms with Gasteiger partial charge in [-0.15, -0.1) is 0 Å². The predicted octanol–water partition coefficient (Wildman–Crippen LogP) is 2.16. The first kappa shape index (κ1) is 9.23. The van der Waals surface area contributed by atoms with Crippen LogP contribution in [0.25, 0.3) is 0 Å². The molecule has 1 aliphatic carbocycles. The van der Waals surface area contributed by atoms with Crippen molar-refractivity contribution in [1.82, 2.24) is 0 Å². The van der Waals surface area contributed by atoms with Crippen LogP contribution in [0.3, 0.4) is 0 Å². The molecule has 0 heterocycles. The third kappa shape index (κ3) is 1.94. The standard InChI is InChI=1S/C12H14N2/c13-7-6-9-2-1-3-11(8-9)12(14)10-4-5-10/h1-3,8,10,12H,4-6,14H2. The van der Waals surface area contributed by atoms with E-state index in [2.05, 4.69) is 18.2 Å². The number of nitrogens with zero attached hydrogens (tertiary/aromatic N) is 1. The molecular weight excluding hydrogens is 172 g/mol. The highest BCUT2D eigenvalue weighted by Crippen LogP contribution is 2.39. The fourth-order valence-electron chi connectivity index (χ4n) is 1.73. The van der Waals surface area contributed by atoms with Crippen molar-refractivity contribution >= 4 is 0 Å². The minimum atomic E-state index is 0.175. The summed E-state index contributed by atoms with van der Waals surface area (Å²) in [5, 5.41) is 8.59. The highest BCUT2D eigenvalue weighted by Gasteiger charge is 2.29. The van der Waals surface area contributed by atoms with Gasteiger partial charge in [-0.3, -0.25) is 0 Å². The van der Waals surface area contributed by atoms with Gasteiger partial charge in [-0.05, 0) is 29.9 Å². The summed E-state index contributed by atoms with van der Waals surface area (Å²) in [4.78, 5) is 0. The van der Waals surface area contributed by atoms with Gasteiger partial charge in [0.1, 0.15) is 0 Å². The third-order valence-corrected chi connectivity index (χ3v) is 2.75. The fraction of sp³-hybridized carbons (Fsp3) is 0.417. The Balaban J connectivity index is 2.17. The van der Waals surface area contributed by atoms with Crippen LogP contribution in [0.1, 0.15) is 30.0 Å². The number of hydrogen-bond acceptors (Lipinski definition) is 2. The molecule has 0 aliphatic heterocycles. The van der Waals surface area contributed by atoms with E-state index in [1.807, 2.05) is 12.1 Å². The number of hydrogen-bond donors (Lipinski definition) is 1. The Morgan fingerprint density at radius 2 is 2.29 bits per heavy atom. The van der Waals surface area contributed by atoms with Gasteiger partial charge in [0.2, 0.25) is 0 Å². The minimum absolute atomic E-state index is 0.175. The maximum Gasteiger partial charge on any atom is 0.0669 e. The molecule has 1 fully saturated rings. The van der Waals surface area contributed by atoms with Crippen LogP contribution in [-0.2, 0) is 6.42 Å². The largest absolute Gasteiger partial charge is 0.324 e. The quantitative estimate of drug-likeness (QED) is 0.786. The van der Waals surface area contributed by atoms with E-state index < -0.39 is 0 Å². The van der Waals surface area contributed by atoms with Crippen LogP contribution >= 0.6 is 0 Å². The topological polar surface area (TPSA) is 49.8 Å². The summed E-state index contributed by atoms with van der Waals surface area (Å²) in [6.45, 7) is 0. The van der Waals surface area contributed by atoms with E-state index in [0.29, 0.717) is 12.3 Å². The molecule has 0 saturated heterocycles. The second-order valence-electron chi connectivity index (χ2n) is 3.94. The molecule has 0 aromatic heterocycles. The fourth-order valence-corrected chi connectivity index (χ4v) is 1.73. The molecule has 2 heteroatoms. The van der Waals surface area contributed by atoms with Gasteiger partial charge in [-0.1, -0.05) is 24.3 Å². The van der Waals surface area contributed by atoms with E-state index >= 15 is 0 Å². The van der Waals surface area contributed by atoms with Crippen molar-refractivity contribution in [3.63, 3.8) is 0 Å². The zero-order valence-electron chi connectivity index (χ0n) is 8.11. The van der Waals surface area contributed by atoms with Gasteiger partial charge in [0.25, 0.3) is 0 Å². The zero-order valence-corrected chi connectivity index (χ0v) is 8.11. The summed E-state index contributed by atoms with van der Waals surface area (Å²) in [5.74, 6) is 0.673. The Kier molecular flexibility index (Phi) is 2.51. The van der Waals surface area contributed by atoms with Crippen molar-refractivity contribution in [2.24, 2.45) is 11.7 Å². The monoisotopic (exact) mass is 186 g/mol. The molecule has 2 nitrogen and oxygen atoms in total. The molecular formula is C12H14N2. The van der Waals surface area contributed by atoms with Crippen LogP contribution in [-0.4, -0.2) is 0 Å². The zero-order chi connectivity index (χ0) is 9.97. The van der Waals surface area contributed by atoms with Crippen LogP contribution < -0.4 is 5.73 Å². The summed E-state index contributed by atoms with van der Waals surface area (Å²) in [6.07, 6.45) is 2.98. The average Bonchev–Trinajstić information content (AvgIpc) is 3.01. The molecule has 0 amide bonds. The Morgan fingerprint density at radius 1 is 1.50 bits per heavy atom. The van der Waals surface area contributed by atoms with Gasteiger partial charge >= 0.3 is 0 Å². The van der Waals surface area contributed by atoms with Gasteiger partial charge < -0.3 is 5.73 Å². The van der Waals surface area contributed by atoms with Crippen molar-refractivity contribution in [3.05, 3.63) is 35.4 Å². The molecule has 0 radical (unpaired) electrons. The average molecular weight is 186 g/mol. The molecule has 1 aromatic rings. The van der Waals surface area contributed by atoms with E-state index in [1.54, 1.807) is 0 Å². The second kappa shape index (κ2) is 3.81. The number of nitriles is 1. The smallest absolute Gasteiger partial charge is 0.0669 e. The van der Waals surface area contributed by atoms with Crippen molar-refractivity contribution < 1.29 is 0 Å². The number of nitrogens with two attached hydrogens (primary N) is 1. The van der Waals surface area contributed by atoms with E-state index in [9.17, 15) is 0 Å². The van der Waals surface area contributed by atoms with Crippen molar-refractivity contribution in [2.75, 3.05) is 0 Å². The van der Waals surface area contributed by atoms with Crippen LogP contribution in [0.4, 0.5) is 0 Å². The van der Waals surface area contributed by atoms with Gasteiger partial charge in [0, 0.05) is 6.04 Å². The van der Waals surface area contributed by atoms with Crippen LogP contribution in [0.5, 0.6) is 0 Å². The molecule has 0 spiro atoms. The van der Waals surface area contributed by atoms with Crippen molar-refractivity contribution in [3.8, 4) is 6.07 Å². The number of benzene rings is 1.